The molecule has 3 heterocycles. The van der Waals surface area contributed by atoms with Crippen LogP contribution in [0.2, 0.25) is 0 Å². The lowest BCUT2D eigenvalue weighted by Gasteiger charge is -2.34. The highest BCUT2D eigenvalue weighted by atomic mass is 32.1. The number of hydrogen-bond donors (Lipinski definition) is 1. The van der Waals surface area contributed by atoms with Gasteiger partial charge in [0.25, 0.3) is 0 Å². The van der Waals surface area contributed by atoms with Crippen LogP contribution in [0.25, 0.3) is 0 Å². The van der Waals surface area contributed by atoms with Gasteiger partial charge >= 0.3 is 0 Å². The predicted octanol–water partition coefficient (Wildman–Crippen LogP) is 1.56. The molecule has 0 bridgehead atoms. The van der Waals surface area contributed by atoms with Gasteiger partial charge in [0.2, 0.25) is 5.91 Å². The number of likely N-dealkylation sites (tertiary alicyclic amines) is 2. The van der Waals surface area contributed by atoms with Crippen LogP contribution < -0.4 is 5.73 Å². The van der Waals surface area contributed by atoms with E-state index in [1.807, 2.05) is 6.20 Å². The minimum absolute atomic E-state index is 0.345. The maximum Gasteiger partial charge on any atom is 0.222 e. The van der Waals surface area contributed by atoms with Crippen molar-refractivity contribution in [3.8, 4) is 0 Å². The molecule has 1 aromatic rings. The molecule has 2 saturated heterocycles. The van der Waals surface area contributed by atoms with E-state index in [0.29, 0.717) is 17.0 Å². The van der Waals surface area contributed by atoms with Crippen LogP contribution in [0.3, 0.4) is 0 Å². The van der Waals surface area contributed by atoms with Gasteiger partial charge in [0.05, 0.1) is 0 Å². The lowest BCUT2D eigenvalue weighted by atomic mass is 9.97. The lowest BCUT2D eigenvalue weighted by Crippen LogP contribution is -2.40. The number of nitrogen functional groups attached to an aromatic ring is 1. The zero-order valence-electron chi connectivity index (χ0n) is 11.8. The molecule has 2 fully saturated rings. The average Bonchev–Trinajstić information content (AvgIpc) is 3.00. The number of carbonyl (C=O) groups is 1. The summed E-state index contributed by atoms with van der Waals surface area (Å²) in [4.78, 5) is 21.6. The molecule has 0 radical (unpaired) electrons. The summed E-state index contributed by atoms with van der Waals surface area (Å²) in [7, 11) is 0. The maximum atomic E-state index is 11.7. The normalized spacial score (nSPS) is 24.5. The molecule has 0 spiro atoms. The number of nitrogens with zero attached hydrogens (tertiary/aromatic N) is 3. The Morgan fingerprint density at radius 2 is 2.30 bits per heavy atom. The van der Waals surface area contributed by atoms with Crippen molar-refractivity contribution in [3.63, 3.8) is 0 Å². The molecule has 2 aliphatic rings. The number of rotatable bonds is 4. The van der Waals surface area contributed by atoms with Crippen molar-refractivity contribution in [2.75, 3.05) is 31.9 Å². The molecular formula is C14H22N4OS. The Bertz CT molecular complexity index is 475. The Balaban J connectivity index is 1.52. The number of amides is 1. The number of piperidine rings is 1. The summed E-state index contributed by atoms with van der Waals surface area (Å²) in [5.41, 5.74) is 5.68. The molecule has 20 heavy (non-hydrogen) atoms. The number of thiazole rings is 1. The van der Waals surface area contributed by atoms with Crippen LogP contribution in [-0.2, 0) is 11.3 Å². The van der Waals surface area contributed by atoms with Crippen LogP contribution >= 0.6 is 11.3 Å². The van der Waals surface area contributed by atoms with Crippen molar-refractivity contribution in [1.82, 2.24) is 14.8 Å². The van der Waals surface area contributed by atoms with Crippen molar-refractivity contribution < 1.29 is 4.79 Å². The topological polar surface area (TPSA) is 62.5 Å². The number of nitrogens with two attached hydrogens (primary N) is 1. The van der Waals surface area contributed by atoms with Gasteiger partial charge in [-0.15, -0.1) is 11.3 Å². The number of carbonyl (C=O) groups excluding carboxylic acids is 1. The smallest absolute Gasteiger partial charge is 0.222 e. The van der Waals surface area contributed by atoms with Crippen LogP contribution in [0.5, 0.6) is 0 Å². The van der Waals surface area contributed by atoms with Gasteiger partial charge in [0.15, 0.2) is 5.13 Å². The average molecular weight is 294 g/mol. The molecule has 1 atom stereocenters. The summed E-state index contributed by atoms with van der Waals surface area (Å²) in [5, 5.41) is 0.649. The fourth-order valence-corrected chi connectivity index (χ4v) is 4.00. The van der Waals surface area contributed by atoms with Crippen LogP contribution in [0, 0.1) is 5.92 Å². The van der Waals surface area contributed by atoms with Crippen LogP contribution in [0.4, 0.5) is 5.13 Å². The van der Waals surface area contributed by atoms with Gasteiger partial charge in [0, 0.05) is 43.7 Å². The molecule has 3 rings (SSSR count). The molecule has 5 nitrogen and oxygen atoms in total. The predicted molar refractivity (Wildman–Crippen MR) is 80.3 cm³/mol. The zero-order chi connectivity index (χ0) is 13.9. The van der Waals surface area contributed by atoms with Gasteiger partial charge in [-0.2, -0.15) is 0 Å². The Hall–Kier alpha value is -1.14. The quantitative estimate of drug-likeness (QED) is 0.915. The Morgan fingerprint density at radius 1 is 1.40 bits per heavy atom. The van der Waals surface area contributed by atoms with Crippen molar-refractivity contribution in [3.05, 3.63) is 11.1 Å². The van der Waals surface area contributed by atoms with E-state index >= 15 is 0 Å². The van der Waals surface area contributed by atoms with E-state index in [2.05, 4.69) is 14.8 Å². The summed E-state index contributed by atoms with van der Waals surface area (Å²) in [5.74, 6) is 0.966. The molecular weight excluding hydrogens is 272 g/mol. The summed E-state index contributed by atoms with van der Waals surface area (Å²) in [6.07, 6.45) is 6.13. The Labute approximate surface area is 123 Å². The first-order valence-electron chi connectivity index (χ1n) is 7.41. The fraction of sp³-hybridized carbons (Fsp3) is 0.714. The third kappa shape index (κ3) is 3.30. The molecule has 0 aliphatic carbocycles. The largest absolute Gasteiger partial charge is 0.375 e. The van der Waals surface area contributed by atoms with E-state index in [0.717, 1.165) is 45.6 Å². The second-order valence-electron chi connectivity index (χ2n) is 5.85. The van der Waals surface area contributed by atoms with Crippen molar-refractivity contribution in [1.29, 1.82) is 0 Å². The summed E-state index contributed by atoms with van der Waals surface area (Å²) < 4.78 is 0. The minimum atomic E-state index is 0.345. The van der Waals surface area contributed by atoms with Gasteiger partial charge in [0.1, 0.15) is 0 Å². The Morgan fingerprint density at radius 3 is 3.00 bits per heavy atom. The third-order valence-corrected chi connectivity index (χ3v) is 5.02. The first-order valence-corrected chi connectivity index (χ1v) is 8.22. The van der Waals surface area contributed by atoms with E-state index in [1.54, 1.807) is 11.3 Å². The first kappa shape index (κ1) is 13.8. The van der Waals surface area contributed by atoms with Crippen molar-refractivity contribution in [2.45, 2.75) is 32.2 Å². The fourth-order valence-electron chi connectivity index (χ4n) is 3.27. The minimum Gasteiger partial charge on any atom is -0.375 e. The van der Waals surface area contributed by atoms with Gasteiger partial charge in [-0.1, -0.05) is 0 Å². The summed E-state index contributed by atoms with van der Waals surface area (Å²) in [6.45, 7) is 5.07. The van der Waals surface area contributed by atoms with Crippen LogP contribution in [0.15, 0.2) is 6.20 Å². The highest BCUT2D eigenvalue weighted by Crippen LogP contribution is 2.23. The molecule has 6 heteroatoms. The van der Waals surface area contributed by atoms with E-state index in [9.17, 15) is 4.79 Å². The number of aromatic nitrogens is 1. The number of anilines is 1. The van der Waals surface area contributed by atoms with E-state index in [4.69, 9.17) is 5.73 Å². The maximum absolute atomic E-state index is 11.7. The van der Waals surface area contributed by atoms with Crippen molar-refractivity contribution >= 4 is 22.4 Å². The van der Waals surface area contributed by atoms with Crippen LogP contribution in [-0.4, -0.2) is 46.9 Å². The molecule has 2 N–H and O–H groups in total. The second kappa shape index (κ2) is 6.10. The summed E-state index contributed by atoms with van der Waals surface area (Å²) in [6, 6.07) is 0. The Kier molecular flexibility index (Phi) is 4.21. The van der Waals surface area contributed by atoms with Gasteiger partial charge in [-0.3, -0.25) is 9.69 Å². The monoisotopic (exact) mass is 294 g/mol. The summed E-state index contributed by atoms with van der Waals surface area (Å²) >= 11 is 1.58. The van der Waals surface area contributed by atoms with Crippen LogP contribution in [0.1, 0.15) is 30.6 Å². The molecule has 110 valence electrons. The molecule has 1 aromatic heterocycles. The second-order valence-corrected chi connectivity index (χ2v) is 7.00. The SMILES string of the molecule is Nc1ncc(CN2CCC[C@@H](CN3CCCC3=O)C2)s1. The molecule has 0 unspecified atom stereocenters. The van der Waals surface area contributed by atoms with E-state index in [-0.39, 0.29) is 0 Å². The highest BCUT2D eigenvalue weighted by Gasteiger charge is 2.26. The van der Waals surface area contributed by atoms with E-state index in [1.165, 1.54) is 17.7 Å². The molecule has 0 saturated carbocycles. The molecule has 2 aliphatic heterocycles. The van der Waals surface area contributed by atoms with Gasteiger partial charge in [-0.25, -0.2) is 4.98 Å². The third-order valence-electron chi connectivity index (χ3n) is 4.20. The lowest BCUT2D eigenvalue weighted by molar-refractivity contribution is -0.128. The first-order chi connectivity index (χ1) is 9.70. The number of hydrogen-bond acceptors (Lipinski definition) is 5. The van der Waals surface area contributed by atoms with Crippen molar-refractivity contribution in [2.24, 2.45) is 5.92 Å². The van der Waals surface area contributed by atoms with Gasteiger partial charge < -0.3 is 10.6 Å². The van der Waals surface area contributed by atoms with E-state index < -0.39 is 0 Å². The zero-order valence-corrected chi connectivity index (χ0v) is 12.6. The molecule has 1 amide bonds. The molecule has 0 aromatic carbocycles. The standard InChI is InChI=1S/C14H22N4OS/c15-14-16-7-12(20-14)10-17-5-1-3-11(8-17)9-18-6-2-4-13(18)19/h7,11H,1-6,8-10H2,(H2,15,16)/t11-/m1/s1. The highest BCUT2D eigenvalue weighted by molar-refractivity contribution is 7.15. The van der Waals surface area contributed by atoms with Gasteiger partial charge in [-0.05, 0) is 31.7 Å².